The highest BCUT2D eigenvalue weighted by Crippen LogP contribution is 2.30. The maximum absolute atomic E-state index is 13.2. The summed E-state index contributed by atoms with van der Waals surface area (Å²) in [5.41, 5.74) is 6.17. The van der Waals surface area contributed by atoms with Crippen LogP contribution in [-0.2, 0) is 19.4 Å². The molecule has 0 atom stereocenters. The Bertz CT molecular complexity index is 1320. The summed E-state index contributed by atoms with van der Waals surface area (Å²) in [5, 5.41) is 2.56. The number of ketones is 1. The third-order valence-corrected chi connectivity index (χ3v) is 6.79. The lowest BCUT2D eigenvalue weighted by Crippen LogP contribution is -2.24. The van der Waals surface area contributed by atoms with Gasteiger partial charge in [0.25, 0.3) is 5.56 Å². The van der Waals surface area contributed by atoms with Crippen LogP contribution in [0.1, 0.15) is 39.9 Å². The zero-order valence-electron chi connectivity index (χ0n) is 16.9. The molecule has 5 rings (SSSR count). The van der Waals surface area contributed by atoms with Gasteiger partial charge in [0.2, 0.25) is 0 Å². The molecule has 2 heterocycles. The second-order valence-corrected chi connectivity index (χ2v) is 8.85. The molecule has 0 saturated heterocycles. The molecule has 5 heteroatoms. The van der Waals surface area contributed by atoms with Crippen LogP contribution in [0, 0.1) is 6.92 Å². The van der Waals surface area contributed by atoms with Gasteiger partial charge in [0.05, 0.1) is 18.3 Å². The summed E-state index contributed by atoms with van der Waals surface area (Å²) in [6.07, 6.45) is 5.99. The van der Waals surface area contributed by atoms with Crippen molar-refractivity contribution in [2.24, 2.45) is 0 Å². The van der Waals surface area contributed by atoms with Gasteiger partial charge in [0.1, 0.15) is 4.83 Å². The number of carbonyl (C=O) groups excluding carboxylic acids is 1. The highest BCUT2D eigenvalue weighted by molar-refractivity contribution is 7.17. The molecule has 2 aromatic carbocycles. The molecule has 150 valence electrons. The molecule has 4 aromatic rings. The van der Waals surface area contributed by atoms with E-state index in [1.807, 2.05) is 48.7 Å². The number of aromatic nitrogens is 2. The van der Waals surface area contributed by atoms with Gasteiger partial charge in [-0.15, -0.1) is 11.3 Å². The monoisotopic (exact) mass is 414 g/mol. The number of nitrogens with zero attached hydrogens (tertiary/aromatic N) is 2. The molecule has 0 saturated carbocycles. The van der Waals surface area contributed by atoms with Crippen LogP contribution in [0.5, 0.6) is 0 Å². The van der Waals surface area contributed by atoms with Gasteiger partial charge >= 0.3 is 0 Å². The number of Topliss-reactive ketones (excluding diaryl/α,β-unsaturated/α-hetero) is 1. The van der Waals surface area contributed by atoms with Crippen LogP contribution >= 0.6 is 11.3 Å². The van der Waals surface area contributed by atoms with Crippen LogP contribution in [0.3, 0.4) is 0 Å². The van der Waals surface area contributed by atoms with Crippen molar-refractivity contribution in [3.8, 4) is 11.1 Å². The van der Waals surface area contributed by atoms with Crippen molar-refractivity contribution in [1.82, 2.24) is 9.55 Å². The Kier molecular flexibility index (Phi) is 4.83. The van der Waals surface area contributed by atoms with Crippen molar-refractivity contribution < 1.29 is 4.79 Å². The quantitative estimate of drug-likeness (QED) is 0.432. The molecule has 0 aliphatic heterocycles. The number of fused-ring (bicyclic) bond motifs is 2. The minimum atomic E-state index is -0.164. The van der Waals surface area contributed by atoms with Crippen LogP contribution < -0.4 is 5.56 Å². The molecule has 1 aliphatic carbocycles. The van der Waals surface area contributed by atoms with Crippen LogP contribution in [0.2, 0.25) is 0 Å². The highest BCUT2D eigenvalue weighted by Gasteiger charge is 2.17. The van der Waals surface area contributed by atoms with E-state index in [0.717, 1.165) is 24.0 Å². The van der Waals surface area contributed by atoms with Gasteiger partial charge < -0.3 is 0 Å². The van der Waals surface area contributed by atoms with E-state index in [1.54, 1.807) is 0 Å². The predicted octanol–water partition coefficient (Wildman–Crippen LogP) is 5.20. The smallest absolute Gasteiger partial charge is 0.263 e. The molecular formula is C25H22N2O2S. The molecule has 0 fully saturated rings. The third-order valence-electron chi connectivity index (χ3n) is 5.91. The van der Waals surface area contributed by atoms with E-state index in [2.05, 4.69) is 11.1 Å². The minimum Gasteiger partial charge on any atom is -0.292 e. The van der Waals surface area contributed by atoms with Gasteiger partial charge in [-0.25, -0.2) is 4.98 Å². The van der Waals surface area contributed by atoms with Gasteiger partial charge in [-0.05, 0) is 55.4 Å². The Balaban J connectivity index is 1.50. The SMILES string of the molecule is Cc1ccc(-c2csc3ncn(CC(=O)c4ccc5c(c4)CCCC5)c(=O)c23)cc1. The largest absolute Gasteiger partial charge is 0.292 e. The van der Waals surface area contributed by atoms with Gasteiger partial charge in [-0.3, -0.25) is 14.2 Å². The second-order valence-electron chi connectivity index (χ2n) is 7.99. The molecule has 0 N–H and O–H groups in total. The molecule has 30 heavy (non-hydrogen) atoms. The second kappa shape index (κ2) is 7.65. The third kappa shape index (κ3) is 3.39. The lowest BCUT2D eigenvalue weighted by molar-refractivity contribution is 0.0970. The standard InChI is InChI=1S/C25H22N2O2S/c1-16-6-8-18(9-7-16)21-14-30-24-23(21)25(29)27(15-26-24)13-22(28)20-11-10-17-4-2-3-5-19(17)12-20/h6-12,14-15H,2-5,13H2,1H3. The zero-order valence-corrected chi connectivity index (χ0v) is 17.7. The molecular weight excluding hydrogens is 392 g/mol. The Morgan fingerprint density at radius 3 is 2.63 bits per heavy atom. The topological polar surface area (TPSA) is 52.0 Å². The van der Waals surface area contributed by atoms with Gasteiger partial charge in [0, 0.05) is 16.5 Å². The fourth-order valence-corrected chi connectivity index (χ4v) is 5.09. The van der Waals surface area contributed by atoms with E-state index in [-0.39, 0.29) is 17.9 Å². The zero-order chi connectivity index (χ0) is 20.7. The minimum absolute atomic E-state index is 0.00371. The first kappa shape index (κ1) is 18.9. The van der Waals surface area contributed by atoms with Gasteiger partial charge in [-0.1, -0.05) is 42.0 Å². The molecule has 0 spiro atoms. The number of thiophene rings is 1. The van der Waals surface area contributed by atoms with Crippen molar-refractivity contribution in [2.75, 3.05) is 0 Å². The normalized spacial score (nSPS) is 13.4. The molecule has 0 amide bonds. The van der Waals surface area contributed by atoms with E-state index in [4.69, 9.17) is 0 Å². The summed E-state index contributed by atoms with van der Waals surface area (Å²) in [6, 6.07) is 14.1. The molecule has 0 unspecified atom stereocenters. The van der Waals surface area contributed by atoms with E-state index in [9.17, 15) is 9.59 Å². The molecule has 4 nitrogen and oxygen atoms in total. The summed E-state index contributed by atoms with van der Waals surface area (Å²) in [6.45, 7) is 2.04. The maximum Gasteiger partial charge on any atom is 0.263 e. The number of carbonyl (C=O) groups is 1. The number of benzene rings is 2. The first-order chi connectivity index (χ1) is 14.6. The summed E-state index contributed by atoms with van der Waals surface area (Å²) < 4.78 is 1.44. The van der Waals surface area contributed by atoms with Crippen molar-refractivity contribution in [3.63, 3.8) is 0 Å². The predicted molar refractivity (Wildman–Crippen MR) is 121 cm³/mol. The van der Waals surface area contributed by atoms with Gasteiger partial charge in [-0.2, -0.15) is 0 Å². The first-order valence-corrected chi connectivity index (χ1v) is 11.2. The number of hydrogen-bond donors (Lipinski definition) is 0. The summed E-state index contributed by atoms with van der Waals surface area (Å²) in [5.74, 6) is -0.0567. The fraction of sp³-hybridized carbons (Fsp3) is 0.240. The van der Waals surface area contributed by atoms with E-state index in [0.29, 0.717) is 15.8 Å². The Morgan fingerprint density at radius 2 is 1.83 bits per heavy atom. The summed E-state index contributed by atoms with van der Waals surface area (Å²) in [4.78, 5) is 31.3. The van der Waals surface area contributed by atoms with Crippen molar-refractivity contribution in [2.45, 2.75) is 39.2 Å². The van der Waals surface area contributed by atoms with Crippen LogP contribution in [-0.4, -0.2) is 15.3 Å². The maximum atomic E-state index is 13.2. The van der Waals surface area contributed by atoms with E-state index in [1.165, 1.54) is 51.8 Å². The Labute approximate surface area is 178 Å². The van der Waals surface area contributed by atoms with Crippen LogP contribution in [0.4, 0.5) is 0 Å². The Morgan fingerprint density at radius 1 is 1.07 bits per heavy atom. The molecule has 0 bridgehead atoms. The lowest BCUT2D eigenvalue weighted by atomic mass is 9.90. The number of rotatable bonds is 4. The number of aryl methyl sites for hydroxylation is 3. The number of hydrogen-bond acceptors (Lipinski definition) is 4. The van der Waals surface area contributed by atoms with Crippen molar-refractivity contribution in [1.29, 1.82) is 0 Å². The Hall–Kier alpha value is -3.05. The molecule has 0 radical (unpaired) electrons. The summed E-state index contributed by atoms with van der Waals surface area (Å²) in [7, 11) is 0. The van der Waals surface area contributed by atoms with Crippen LogP contribution in [0.25, 0.3) is 21.3 Å². The lowest BCUT2D eigenvalue weighted by Gasteiger charge is -2.16. The highest BCUT2D eigenvalue weighted by atomic mass is 32.1. The average Bonchev–Trinajstić information content (AvgIpc) is 3.21. The van der Waals surface area contributed by atoms with E-state index >= 15 is 0 Å². The fourth-order valence-electron chi connectivity index (χ4n) is 4.18. The first-order valence-electron chi connectivity index (χ1n) is 10.3. The van der Waals surface area contributed by atoms with Crippen LogP contribution in [0.15, 0.2) is 59.0 Å². The van der Waals surface area contributed by atoms with Crippen molar-refractivity contribution >= 4 is 27.3 Å². The van der Waals surface area contributed by atoms with E-state index < -0.39 is 0 Å². The molecule has 1 aliphatic rings. The summed E-state index contributed by atoms with van der Waals surface area (Å²) >= 11 is 1.46. The van der Waals surface area contributed by atoms with Gasteiger partial charge in [0.15, 0.2) is 5.78 Å². The molecule has 2 aromatic heterocycles. The average molecular weight is 415 g/mol. The van der Waals surface area contributed by atoms with Crippen molar-refractivity contribution in [3.05, 3.63) is 86.8 Å².